The van der Waals surface area contributed by atoms with E-state index in [-0.39, 0.29) is 30.0 Å². The molecule has 3 nitrogen and oxygen atoms in total. The van der Waals surface area contributed by atoms with E-state index in [1.54, 1.807) is 18.2 Å². The van der Waals surface area contributed by atoms with Crippen molar-refractivity contribution in [1.82, 2.24) is 5.32 Å². The Labute approximate surface area is 93.5 Å². The summed E-state index contributed by atoms with van der Waals surface area (Å²) in [5.74, 6) is -0.568. The minimum atomic E-state index is -0.403. The smallest absolute Gasteiger partial charge is 0.241 e. The molecule has 1 saturated heterocycles. The quantitative estimate of drug-likeness (QED) is 0.810. The highest BCUT2D eigenvalue weighted by Gasteiger charge is 2.24. The molecule has 0 saturated carbocycles. The van der Waals surface area contributed by atoms with Gasteiger partial charge in [-0.3, -0.25) is 4.79 Å². The molecule has 0 aromatic heterocycles. The van der Waals surface area contributed by atoms with Gasteiger partial charge in [0.05, 0.1) is 11.7 Å². The summed E-state index contributed by atoms with van der Waals surface area (Å²) in [7, 11) is 0. The predicted molar refractivity (Wildman–Crippen MR) is 58.7 cm³/mol. The molecule has 1 atom stereocenters. The third-order valence-electron chi connectivity index (χ3n) is 2.27. The molecule has 0 bridgehead atoms. The Morgan fingerprint density at radius 1 is 1.47 bits per heavy atom. The maximum absolute atomic E-state index is 13.1. The summed E-state index contributed by atoms with van der Waals surface area (Å²) in [5.41, 5.74) is 0.242. The van der Waals surface area contributed by atoms with Gasteiger partial charge in [-0.15, -0.1) is 12.4 Å². The molecule has 1 amide bonds. The van der Waals surface area contributed by atoms with Gasteiger partial charge in [0.15, 0.2) is 0 Å². The zero-order chi connectivity index (χ0) is 9.97. The van der Waals surface area contributed by atoms with E-state index in [0.29, 0.717) is 0 Å². The summed E-state index contributed by atoms with van der Waals surface area (Å²) in [5, 5.41) is 5.49. The molecule has 2 rings (SSSR count). The van der Waals surface area contributed by atoms with Crippen LogP contribution in [0.2, 0.25) is 0 Å². The summed E-state index contributed by atoms with van der Waals surface area (Å²) >= 11 is 0. The number of carbonyl (C=O) groups is 1. The summed E-state index contributed by atoms with van der Waals surface area (Å²) < 4.78 is 13.1. The minimum Gasteiger partial charge on any atom is -0.322 e. The Bertz CT molecular complexity index is 355. The number of anilines is 1. The van der Waals surface area contributed by atoms with Crippen LogP contribution in [0.5, 0.6) is 0 Å². The third kappa shape index (κ3) is 2.67. The molecule has 0 spiro atoms. The fourth-order valence-corrected chi connectivity index (χ4v) is 1.29. The molecule has 0 aliphatic carbocycles. The van der Waals surface area contributed by atoms with Gasteiger partial charge in [0.25, 0.3) is 0 Å². The molecular weight excluding hydrogens is 219 g/mol. The molecule has 15 heavy (non-hydrogen) atoms. The molecule has 1 aliphatic rings. The predicted octanol–water partition coefficient (Wildman–Crippen LogP) is 1.55. The molecule has 5 heteroatoms. The monoisotopic (exact) mass is 230 g/mol. The average molecular weight is 231 g/mol. The van der Waals surface area contributed by atoms with Crippen molar-refractivity contribution in [3.63, 3.8) is 0 Å². The molecule has 0 unspecified atom stereocenters. The molecule has 1 aromatic rings. The van der Waals surface area contributed by atoms with E-state index in [4.69, 9.17) is 0 Å². The van der Waals surface area contributed by atoms with Crippen LogP contribution >= 0.6 is 12.4 Å². The standard InChI is InChI=1S/C10H11FN2O.ClH/c11-7-3-1-2-4-8(7)13-10(14)9-5-6-12-9;/h1-4,9,12H,5-6H2,(H,13,14);1H/t9-;/m1./s1. The fourth-order valence-electron chi connectivity index (χ4n) is 1.29. The van der Waals surface area contributed by atoms with E-state index in [1.165, 1.54) is 6.07 Å². The van der Waals surface area contributed by atoms with E-state index in [0.717, 1.165) is 13.0 Å². The number of para-hydroxylation sites is 1. The molecule has 82 valence electrons. The van der Waals surface area contributed by atoms with E-state index < -0.39 is 5.82 Å². The summed E-state index contributed by atoms with van der Waals surface area (Å²) in [6, 6.07) is 5.99. The van der Waals surface area contributed by atoms with Crippen molar-refractivity contribution < 1.29 is 9.18 Å². The van der Waals surface area contributed by atoms with E-state index in [2.05, 4.69) is 10.6 Å². The molecule has 2 N–H and O–H groups in total. The lowest BCUT2D eigenvalue weighted by atomic mass is 10.1. The van der Waals surface area contributed by atoms with Crippen LogP contribution in [0.4, 0.5) is 10.1 Å². The second-order valence-electron chi connectivity index (χ2n) is 3.26. The fraction of sp³-hybridized carbons (Fsp3) is 0.300. The Morgan fingerprint density at radius 3 is 2.67 bits per heavy atom. The van der Waals surface area contributed by atoms with Crippen molar-refractivity contribution >= 4 is 24.0 Å². The normalized spacial score (nSPS) is 18.6. The van der Waals surface area contributed by atoms with Crippen LogP contribution in [0.15, 0.2) is 24.3 Å². The number of carbonyl (C=O) groups excluding carboxylic acids is 1. The van der Waals surface area contributed by atoms with Gasteiger partial charge < -0.3 is 10.6 Å². The number of amides is 1. The Morgan fingerprint density at radius 2 is 2.13 bits per heavy atom. The highest BCUT2D eigenvalue weighted by Crippen LogP contribution is 2.14. The Hall–Kier alpha value is -1.13. The second-order valence-corrected chi connectivity index (χ2v) is 3.26. The van der Waals surface area contributed by atoms with Gasteiger partial charge in [-0.1, -0.05) is 12.1 Å². The van der Waals surface area contributed by atoms with Crippen LogP contribution in [0.1, 0.15) is 6.42 Å². The van der Waals surface area contributed by atoms with Gasteiger partial charge in [-0.25, -0.2) is 4.39 Å². The minimum absolute atomic E-state index is 0. The van der Waals surface area contributed by atoms with Gasteiger partial charge in [-0.05, 0) is 25.1 Å². The van der Waals surface area contributed by atoms with E-state index in [1.807, 2.05) is 0 Å². The zero-order valence-electron chi connectivity index (χ0n) is 8.00. The van der Waals surface area contributed by atoms with Crippen molar-refractivity contribution in [2.75, 3.05) is 11.9 Å². The van der Waals surface area contributed by atoms with Gasteiger partial charge in [0.2, 0.25) is 5.91 Å². The van der Waals surface area contributed by atoms with Gasteiger partial charge in [0, 0.05) is 0 Å². The first-order valence-electron chi connectivity index (χ1n) is 4.56. The Balaban J connectivity index is 0.00000112. The first kappa shape index (κ1) is 11.9. The first-order chi connectivity index (χ1) is 6.77. The van der Waals surface area contributed by atoms with Crippen molar-refractivity contribution in [2.45, 2.75) is 12.5 Å². The molecule has 1 aliphatic heterocycles. The summed E-state index contributed by atoms with van der Waals surface area (Å²) in [6.07, 6.45) is 0.820. The lowest BCUT2D eigenvalue weighted by Gasteiger charge is -2.26. The molecule has 1 fully saturated rings. The molecule has 1 aromatic carbocycles. The van der Waals surface area contributed by atoms with Crippen molar-refractivity contribution in [1.29, 1.82) is 0 Å². The van der Waals surface area contributed by atoms with E-state index in [9.17, 15) is 9.18 Å². The van der Waals surface area contributed by atoms with Crippen LogP contribution in [0.3, 0.4) is 0 Å². The maximum atomic E-state index is 13.1. The number of benzene rings is 1. The van der Waals surface area contributed by atoms with Crippen molar-refractivity contribution in [2.24, 2.45) is 0 Å². The number of hydrogen-bond donors (Lipinski definition) is 2. The van der Waals surface area contributed by atoms with Crippen LogP contribution in [0, 0.1) is 5.82 Å². The van der Waals surface area contributed by atoms with Gasteiger partial charge in [0.1, 0.15) is 5.82 Å². The van der Waals surface area contributed by atoms with Crippen LogP contribution < -0.4 is 10.6 Å². The van der Waals surface area contributed by atoms with E-state index >= 15 is 0 Å². The molecular formula is C10H12ClFN2O. The lowest BCUT2D eigenvalue weighted by molar-refractivity contribution is -0.119. The highest BCUT2D eigenvalue weighted by molar-refractivity contribution is 5.95. The average Bonchev–Trinajstić information content (AvgIpc) is 2.05. The second kappa shape index (κ2) is 5.09. The number of nitrogens with one attached hydrogen (secondary N) is 2. The largest absolute Gasteiger partial charge is 0.322 e. The summed E-state index contributed by atoms with van der Waals surface area (Å²) in [6.45, 7) is 0.857. The van der Waals surface area contributed by atoms with Crippen molar-refractivity contribution in [3.05, 3.63) is 30.1 Å². The number of halogens is 2. The van der Waals surface area contributed by atoms with Crippen LogP contribution in [-0.4, -0.2) is 18.5 Å². The topological polar surface area (TPSA) is 41.1 Å². The summed E-state index contributed by atoms with van der Waals surface area (Å²) in [4.78, 5) is 11.4. The zero-order valence-corrected chi connectivity index (χ0v) is 8.81. The number of hydrogen-bond acceptors (Lipinski definition) is 2. The Kier molecular flexibility index (Phi) is 4.05. The third-order valence-corrected chi connectivity index (χ3v) is 2.27. The lowest BCUT2D eigenvalue weighted by Crippen LogP contribution is -2.50. The maximum Gasteiger partial charge on any atom is 0.241 e. The SMILES string of the molecule is Cl.O=C(Nc1ccccc1F)[C@H]1CCN1. The van der Waals surface area contributed by atoms with Gasteiger partial charge >= 0.3 is 0 Å². The van der Waals surface area contributed by atoms with Crippen LogP contribution in [0.25, 0.3) is 0 Å². The number of rotatable bonds is 2. The van der Waals surface area contributed by atoms with Crippen LogP contribution in [-0.2, 0) is 4.79 Å². The molecule has 0 radical (unpaired) electrons. The van der Waals surface area contributed by atoms with Gasteiger partial charge in [-0.2, -0.15) is 0 Å². The molecule has 1 heterocycles. The van der Waals surface area contributed by atoms with Crippen molar-refractivity contribution in [3.8, 4) is 0 Å². The highest BCUT2D eigenvalue weighted by atomic mass is 35.5. The first-order valence-corrected chi connectivity index (χ1v) is 4.56.